The normalized spacial score (nSPS) is 19.5. The van der Waals surface area contributed by atoms with E-state index in [4.69, 9.17) is 5.73 Å². The number of hydrogen-bond donors (Lipinski definition) is 4. The fourth-order valence-corrected chi connectivity index (χ4v) is 5.84. The standard InChI is InChI=1S/C22H25N5O4S/c1-24-21(29)26-32(30,31)27-13-7-12-22(14-27,15-8-3-2-4-9-15)18-16-10-5-6-11-17(16)25-19(18)20(23)28/h2-6,8-11,25H,7,12-14H2,1H3,(H2,23,28)(H2,24,26,29). The maximum atomic E-state index is 13.0. The summed E-state index contributed by atoms with van der Waals surface area (Å²) in [7, 11) is -2.76. The lowest BCUT2D eigenvalue weighted by atomic mass is 9.68. The van der Waals surface area contributed by atoms with Crippen LogP contribution in [0.2, 0.25) is 0 Å². The molecule has 1 unspecified atom stereocenters. The molecule has 3 aromatic rings. The number of aromatic amines is 1. The average Bonchev–Trinajstić information content (AvgIpc) is 3.20. The second-order valence-electron chi connectivity index (χ2n) is 7.86. The molecule has 3 amide bonds. The van der Waals surface area contributed by atoms with Crippen LogP contribution >= 0.6 is 0 Å². The van der Waals surface area contributed by atoms with E-state index in [0.717, 1.165) is 16.5 Å². The third-order valence-electron chi connectivity index (χ3n) is 6.00. The molecule has 1 aliphatic heterocycles. The quantitative estimate of drug-likeness (QED) is 0.466. The number of rotatable bonds is 5. The Morgan fingerprint density at radius 1 is 1.09 bits per heavy atom. The van der Waals surface area contributed by atoms with Gasteiger partial charge < -0.3 is 16.0 Å². The Bertz CT molecular complexity index is 1270. The molecule has 32 heavy (non-hydrogen) atoms. The van der Waals surface area contributed by atoms with Gasteiger partial charge >= 0.3 is 16.2 Å². The number of primary amides is 1. The summed E-state index contributed by atoms with van der Waals surface area (Å²) in [4.78, 5) is 27.3. The fourth-order valence-electron chi connectivity index (χ4n) is 4.62. The van der Waals surface area contributed by atoms with Crippen molar-refractivity contribution in [1.29, 1.82) is 0 Å². The van der Waals surface area contributed by atoms with Crippen LogP contribution in [0.3, 0.4) is 0 Å². The summed E-state index contributed by atoms with van der Waals surface area (Å²) in [5.41, 5.74) is 7.46. The minimum atomic E-state index is -4.11. The predicted molar refractivity (Wildman–Crippen MR) is 121 cm³/mol. The Morgan fingerprint density at radius 3 is 2.47 bits per heavy atom. The van der Waals surface area contributed by atoms with Gasteiger partial charge in [-0.2, -0.15) is 12.7 Å². The molecule has 9 nitrogen and oxygen atoms in total. The lowest BCUT2D eigenvalue weighted by molar-refractivity contribution is 0.0993. The van der Waals surface area contributed by atoms with Gasteiger partial charge in [-0.25, -0.2) is 9.52 Å². The molecule has 1 saturated heterocycles. The smallest absolute Gasteiger partial charge is 0.329 e. The molecule has 4 rings (SSSR count). The second kappa shape index (κ2) is 8.29. The molecule has 1 aliphatic rings. The third kappa shape index (κ3) is 3.71. The number of benzene rings is 2. The van der Waals surface area contributed by atoms with Gasteiger partial charge in [-0.05, 0) is 24.5 Å². The Labute approximate surface area is 186 Å². The van der Waals surface area contributed by atoms with Gasteiger partial charge in [0.2, 0.25) is 0 Å². The monoisotopic (exact) mass is 455 g/mol. The van der Waals surface area contributed by atoms with Gasteiger partial charge in [0.15, 0.2) is 0 Å². The van der Waals surface area contributed by atoms with Gasteiger partial charge in [-0.1, -0.05) is 48.5 Å². The van der Waals surface area contributed by atoms with Crippen molar-refractivity contribution in [2.24, 2.45) is 5.73 Å². The van der Waals surface area contributed by atoms with Gasteiger partial charge in [-0.3, -0.25) is 4.79 Å². The number of para-hydroxylation sites is 1. The topological polar surface area (TPSA) is 137 Å². The molecule has 0 bridgehead atoms. The molecule has 2 aromatic carbocycles. The lowest BCUT2D eigenvalue weighted by Crippen LogP contribution is -2.54. The fraction of sp³-hybridized carbons (Fsp3) is 0.273. The number of aromatic nitrogens is 1. The highest BCUT2D eigenvalue weighted by atomic mass is 32.2. The molecular weight excluding hydrogens is 430 g/mol. The van der Waals surface area contributed by atoms with Gasteiger partial charge in [0.25, 0.3) is 5.91 Å². The third-order valence-corrected chi connectivity index (χ3v) is 7.44. The first-order chi connectivity index (χ1) is 15.3. The first kappa shape index (κ1) is 21.8. The van der Waals surface area contributed by atoms with Crippen LogP contribution in [-0.2, 0) is 15.6 Å². The predicted octanol–water partition coefficient (Wildman–Crippen LogP) is 1.82. The summed E-state index contributed by atoms with van der Waals surface area (Å²) in [6.45, 7) is 0.292. The number of urea groups is 1. The zero-order chi connectivity index (χ0) is 22.9. The van der Waals surface area contributed by atoms with Crippen molar-refractivity contribution in [3.8, 4) is 0 Å². The number of nitrogens with one attached hydrogen (secondary N) is 3. The van der Waals surface area contributed by atoms with Crippen LogP contribution in [0.15, 0.2) is 54.6 Å². The molecule has 0 saturated carbocycles. The van der Waals surface area contributed by atoms with E-state index in [1.54, 1.807) is 0 Å². The van der Waals surface area contributed by atoms with E-state index >= 15 is 0 Å². The number of nitrogens with two attached hydrogens (primary N) is 1. The van der Waals surface area contributed by atoms with Crippen molar-refractivity contribution in [3.63, 3.8) is 0 Å². The van der Waals surface area contributed by atoms with Crippen LogP contribution in [0.4, 0.5) is 4.79 Å². The van der Waals surface area contributed by atoms with Gasteiger partial charge in [0.1, 0.15) is 5.69 Å². The van der Waals surface area contributed by atoms with E-state index in [0.29, 0.717) is 18.4 Å². The van der Waals surface area contributed by atoms with Crippen molar-refractivity contribution < 1.29 is 18.0 Å². The number of H-pyrrole nitrogens is 1. The summed E-state index contributed by atoms with van der Waals surface area (Å²) >= 11 is 0. The number of amides is 3. The van der Waals surface area contributed by atoms with Crippen LogP contribution in [0.25, 0.3) is 10.9 Å². The van der Waals surface area contributed by atoms with E-state index in [9.17, 15) is 18.0 Å². The summed E-state index contributed by atoms with van der Waals surface area (Å²) in [5, 5.41) is 3.08. The second-order valence-corrected chi connectivity index (χ2v) is 9.53. The summed E-state index contributed by atoms with van der Waals surface area (Å²) < 4.78 is 29.2. The number of hydrogen-bond acceptors (Lipinski definition) is 4. The minimum absolute atomic E-state index is 0.0471. The Kier molecular flexibility index (Phi) is 5.66. The van der Waals surface area contributed by atoms with Gasteiger partial charge in [0, 0.05) is 42.0 Å². The van der Waals surface area contributed by atoms with Crippen LogP contribution in [0.1, 0.15) is 34.5 Å². The van der Waals surface area contributed by atoms with Gasteiger partial charge in [-0.15, -0.1) is 0 Å². The molecular formula is C22H25N5O4S. The number of carbonyl (C=O) groups is 2. The lowest BCUT2D eigenvalue weighted by Gasteiger charge is -2.43. The van der Waals surface area contributed by atoms with Crippen LogP contribution in [-0.4, -0.2) is 49.8 Å². The van der Waals surface area contributed by atoms with E-state index in [-0.39, 0.29) is 18.8 Å². The van der Waals surface area contributed by atoms with Crippen molar-refractivity contribution in [1.82, 2.24) is 19.3 Å². The zero-order valence-corrected chi connectivity index (χ0v) is 18.4. The maximum Gasteiger partial charge on any atom is 0.329 e. The van der Waals surface area contributed by atoms with Gasteiger partial charge in [0.05, 0.1) is 0 Å². The van der Waals surface area contributed by atoms with Crippen molar-refractivity contribution in [3.05, 3.63) is 71.4 Å². The molecule has 1 aromatic heterocycles. The highest BCUT2D eigenvalue weighted by molar-refractivity contribution is 7.87. The number of carbonyl (C=O) groups excluding carboxylic acids is 2. The summed E-state index contributed by atoms with van der Waals surface area (Å²) in [6.07, 6.45) is 1.13. The van der Waals surface area contributed by atoms with Crippen LogP contribution in [0.5, 0.6) is 0 Å². The molecule has 0 spiro atoms. The van der Waals surface area contributed by atoms with Crippen molar-refractivity contribution in [2.45, 2.75) is 18.3 Å². The average molecular weight is 456 g/mol. The first-order valence-corrected chi connectivity index (χ1v) is 11.7. The molecule has 5 N–H and O–H groups in total. The number of fused-ring (bicyclic) bond motifs is 1. The summed E-state index contributed by atoms with van der Waals surface area (Å²) in [5.74, 6) is -0.616. The van der Waals surface area contributed by atoms with Crippen molar-refractivity contribution >= 4 is 33.1 Å². The maximum absolute atomic E-state index is 13.0. The minimum Gasteiger partial charge on any atom is -0.364 e. The molecule has 10 heteroatoms. The van der Waals surface area contributed by atoms with Crippen LogP contribution in [0, 0.1) is 0 Å². The van der Waals surface area contributed by atoms with Crippen LogP contribution < -0.4 is 15.8 Å². The highest BCUT2D eigenvalue weighted by Gasteiger charge is 2.45. The van der Waals surface area contributed by atoms with E-state index in [1.807, 2.05) is 59.3 Å². The SMILES string of the molecule is CNC(=O)NS(=O)(=O)N1CCCC(c2ccccc2)(c2c(C(N)=O)[nH]c3ccccc23)C1. The zero-order valence-electron chi connectivity index (χ0n) is 17.6. The van der Waals surface area contributed by atoms with Crippen molar-refractivity contribution in [2.75, 3.05) is 20.1 Å². The van der Waals surface area contributed by atoms with E-state index in [2.05, 4.69) is 10.3 Å². The first-order valence-electron chi connectivity index (χ1n) is 10.2. The molecule has 0 aliphatic carbocycles. The Hall–Kier alpha value is -3.37. The number of nitrogens with zero attached hydrogens (tertiary/aromatic N) is 1. The van der Waals surface area contributed by atoms with E-state index in [1.165, 1.54) is 11.4 Å². The molecule has 168 valence electrons. The summed E-state index contributed by atoms with van der Waals surface area (Å²) in [6, 6.07) is 16.2. The Balaban J connectivity index is 1.94. The van der Waals surface area contributed by atoms with E-state index < -0.39 is 27.6 Å². The molecule has 1 fully saturated rings. The molecule has 2 heterocycles. The molecule has 0 radical (unpaired) electrons. The Morgan fingerprint density at radius 2 is 1.78 bits per heavy atom. The molecule has 1 atom stereocenters. The number of piperidine rings is 1. The largest absolute Gasteiger partial charge is 0.364 e. The highest BCUT2D eigenvalue weighted by Crippen LogP contribution is 2.45.